The van der Waals surface area contributed by atoms with Gasteiger partial charge in [-0.15, -0.1) is 0 Å². The van der Waals surface area contributed by atoms with Crippen LogP contribution in [-0.2, 0) is 22.8 Å². The molecule has 0 amide bonds. The van der Waals surface area contributed by atoms with Crippen LogP contribution in [0.1, 0.15) is 34.1 Å². The van der Waals surface area contributed by atoms with Crippen LogP contribution in [0.2, 0.25) is 0 Å². The fraction of sp³-hybridized carbons (Fsp3) is 0.353. The van der Waals surface area contributed by atoms with E-state index in [1.807, 2.05) is 11.8 Å². The van der Waals surface area contributed by atoms with Gasteiger partial charge in [0.25, 0.3) is 0 Å². The van der Waals surface area contributed by atoms with Crippen LogP contribution < -0.4 is 24.8 Å². The van der Waals surface area contributed by atoms with E-state index in [-0.39, 0.29) is 47.6 Å². The number of hydrogen-bond acceptors (Lipinski definition) is 1. The summed E-state index contributed by atoms with van der Waals surface area (Å²) >= 11 is 1.65. The van der Waals surface area contributed by atoms with Crippen molar-refractivity contribution in [3.63, 3.8) is 0 Å². The third-order valence-electron chi connectivity index (χ3n) is 3.06. The first-order valence-electron chi connectivity index (χ1n) is 6.74. The molecule has 1 heterocycles. The Balaban J connectivity index is 0.000000348. The first-order chi connectivity index (χ1) is 9.04. The molecule has 3 rings (SSSR count). The molecule has 1 atom stereocenters. The maximum absolute atomic E-state index is 2.37. The second kappa shape index (κ2) is 10.2. The van der Waals surface area contributed by atoms with E-state index < -0.39 is 0 Å². The molecule has 21 heavy (non-hydrogen) atoms. The summed E-state index contributed by atoms with van der Waals surface area (Å²) in [6, 6.07) is 0. The standard InChI is InChI=1S/C8H8S.C6H7.C3H6.2ClH.Zr/c1-6-5-7-3-2-4-8(7)9-6;1-6-4-2-3-5-6;1-3-2;;;/h2-5,7H,1H3;4-5H,2H2,1H3;1-2H3;2*1H;/q;;;;;+2/p-2. The van der Waals surface area contributed by atoms with Crippen LogP contribution >= 0.6 is 11.8 Å². The van der Waals surface area contributed by atoms with Crippen molar-refractivity contribution >= 4 is 15.0 Å². The van der Waals surface area contributed by atoms with E-state index >= 15 is 0 Å². The molecule has 0 aromatic carbocycles. The van der Waals surface area contributed by atoms with Crippen molar-refractivity contribution in [1.82, 2.24) is 0 Å². The van der Waals surface area contributed by atoms with Crippen molar-refractivity contribution in [3.05, 3.63) is 55.1 Å². The Morgan fingerprint density at radius 1 is 1.24 bits per heavy atom. The Morgan fingerprint density at radius 3 is 2.48 bits per heavy atom. The van der Waals surface area contributed by atoms with Crippen molar-refractivity contribution < 1.29 is 47.6 Å². The largest absolute Gasteiger partial charge is 1.00 e. The van der Waals surface area contributed by atoms with E-state index in [2.05, 4.69) is 64.2 Å². The Morgan fingerprint density at radius 2 is 1.95 bits per heavy atom. The van der Waals surface area contributed by atoms with E-state index in [1.54, 1.807) is 6.49 Å². The van der Waals surface area contributed by atoms with Gasteiger partial charge in [0.15, 0.2) is 0 Å². The van der Waals surface area contributed by atoms with Crippen LogP contribution in [0.15, 0.2) is 55.1 Å². The monoisotopic (exact) mass is 417 g/mol. The van der Waals surface area contributed by atoms with Gasteiger partial charge in [-0.2, -0.15) is 0 Å². The molecule has 0 saturated carbocycles. The first kappa shape index (κ1) is 21.4. The summed E-state index contributed by atoms with van der Waals surface area (Å²) in [6.07, 6.45) is 14.8. The third kappa shape index (κ3) is 6.99. The summed E-state index contributed by atoms with van der Waals surface area (Å²) in [4.78, 5) is 2.93. The van der Waals surface area contributed by atoms with Crippen LogP contribution in [0.25, 0.3) is 0 Å². The number of rotatable bonds is 1. The molecule has 113 valence electrons. The average Bonchev–Trinajstić information content (AvgIpc) is 2.95. The normalized spacial score (nSPS) is 20.5. The van der Waals surface area contributed by atoms with Crippen LogP contribution in [0.4, 0.5) is 0 Å². The third-order valence-corrected chi connectivity index (χ3v) is 7.03. The van der Waals surface area contributed by atoms with Crippen molar-refractivity contribution in [2.75, 3.05) is 0 Å². The predicted molar refractivity (Wildman–Crippen MR) is 84.9 cm³/mol. The van der Waals surface area contributed by atoms with Gasteiger partial charge in [-0.1, -0.05) is 36.1 Å². The maximum atomic E-state index is 2.37. The zero-order chi connectivity index (χ0) is 13.8. The zero-order valence-corrected chi connectivity index (χ0v) is 17.7. The van der Waals surface area contributed by atoms with Crippen molar-refractivity contribution in [1.29, 1.82) is 0 Å². The van der Waals surface area contributed by atoms with E-state index in [4.69, 9.17) is 0 Å². The Bertz CT molecular complexity index is 547. The fourth-order valence-corrected chi connectivity index (χ4v) is 6.09. The minimum atomic E-state index is -0.246. The van der Waals surface area contributed by atoms with Crippen LogP contribution in [0.3, 0.4) is 0 Å². The quantitative estimate of drug-likeness (QED) is 0.538. The van der Waals surface area contributed by atoms with Crippen LogP contribution in [0.5, 0.6) is 0 Å². The molecule has 0 saturated heterocycles. The van der Waals surface area contributed by atoms with Gasteiger partial charge in [-0.05, 0) is 11.8 Å². The van der Waals surface area contributed by atoms with Gasteiger partial charge >= 0.3 is 74.2 Å². The molecular weight excluding hydrogens is 398 g/mol. The van der Waals surface area contributed by atoms with Crippen molar-refractivity contribution in [2.45, 2.75) is 34.1 Å². The summed E-state index contributed by atoms with van der Waals surface area (Å²) in [5.41, 5.74) is 1.47. The van der Waals surface area contributed by atoms with Gasteiger partial charge in [0.1, 0.15) is 0 Å². The number of allylic oxidation sites excluding steroid dienone is 10. The molecule has 0 radical (unpaired) electrons. The second-order valence-electron chi connectivity index (χ2n) is 5.31. The van der Waals surface area contributed by atoms with Gasteiger partial charge in [0.05, 0.1) is 0 Å². The van der Waals surface area contributed by atoms with Gasteiger partial charge in [-0.3, -0.25) is 0 Å². The van der Waals surface area contributed by atoms with E-state index in [1.165, 1.54) is 21.8 Å². The minimum Gasteiger partial charge on any atom is -1.00 e. The molecule has 0 aromatic rings. The maximum Gasteiger partial charge on any atom is -1.00 e. The van der Waals surface area contributed by atoms with Crippen LogP contribution in [-0.4, -0.2) is 3.21 Å². The fourth-order valence-electron chi connectivity index (χ4n) is 2.26. The summed E-state index contributed by atoms with van der Waals surface area (Å²) in [6.45, 7) is 8.89. The molecule has 0 nitrogen and oxygen atoms in total. The summed E-state index contributed by atoms with van der Waals surface area (Å²) in [5.74, 6) is 0.634. The Hall–Kier alpha value is 0.383. The Kier molecular flexibility index (Phi) is 10.4. The minimum absolute atomic E-state index is 0. The average molecular weight is 420 g/mol. The number of fused-ring (bicyclic) bond motifs is 1. The SMILES string of the molecule is CC1=CC2C=CC=C2S1.CC1=CC[C]([Zr+2]=[C](C)C)=C1.[Cl-].[Cl-]. The molecule has 1 aliphatic heterocycles. The molecule has 0 N–H and O–H groups in total. The predicted octanol–water partition coefficient (Wildman–Crippen LogP) is -0.770. The summed E-state index contributed by atoms with van der Waals surface area (Å²) in [7, 11) is 0. The van der Waals surface area contributed by atoms with Gasteiger partial charge < -0.3 is 24.8 Å². The van der Waals surface area contributed by atoms with E-state index in [0.717, 1.165) is 0 Å². The summed E-state index contributed by atoms with van der Waals surface area (Å²) < 4.78 is 3.42. The first-order valence-corrected chi connectivity index (χ1v) is 10.0. The van der Waals surface area contributed by atoms with E-state index in [0.29, 0.717) is 5.92 Å². The smallest absolute Gasteiger partial charge is 1.00 e. The number of halogens is 2. The molecule has 3 aliphatic rings. The molecule has 0 fully saturated rings. The van der Waals surface area contributed by atoms with Crippen molar-refractivity contribution in [2.24, 2.45) is 5.92 Å². The molecule has 2 aliphatic carbocycles. The molecule has 4 heteroatoms. The van der Waals surface area contributed by atoms with Gasteiger partial charge in [-0.25, -0.2) is 0 Å². The Labute approximate surface area is 156 Å². The van der Waals surface area contributed by atoms with Crippen molar-refractivity contribution in [3.8, 4) is 0 Å². The molecule has 0 aromatic heterocycles. The molecule has 0 bridgehead atoms. The second-order valence-corrected chi connectivity index (χ2v) is 11.3. The molecule has 0 spiro atoms. The summed E-state index contributed by atoms with van der Waals surface area (Å²) in [5, 5.41) is 0. The zero-order valence-electron chi connectivity index (χ0n) is 12.9. The molecule has 1 unspecified atom stereocenters. The van der Waals surface area contributed by atoms with Crippen LogP contribution in [0, 0.1) is 5.92 Å². The number of thioether (sulfide) groups is 1. The topological polar surface area (TPSA) is 0 Å². The van der Waals surface area contributed by atoms with Gasteiger partial charge in [0, 0.05) is 10.8 Å². The number of hydrogen-bond donors (Lipinski definition) is 0. The molecular formula is C17H21Cl2SZr. The van der Waals surface area contributed by atoms with E-state index in [9.17, 15) is 0 Å². The van der Waals surface area contributed by atoms with Gasteiger partial charge in [0.2, 0.25) is 0 Å².